The quantitative estimate of drug-likeness (QED) is 0.346. The molecule has 1 N–H and O–H groups in total. The van der Waals surface area contributed by atoms with Crippen molar-refractivity contribution >= 4 is 29.1 Å². The number of rotatable bonds is 8. The van der Waals surface area contributed by atoms with Crippen LogP contribution in [0.4, 0.5) is 10.1 Å². The molecule has 5 rings (SSSR count). The van der Waals surface area contributed by atoms with Crippen LogP contribution in [0.15, 0.2) is 85.2 Å². The zero-order chi connectivity index (χ0) is 26.5. The van der Waals surface area contributed by atoms with Crippen LogP contribution in [0.1, 0.15) is 12.0 Å². The molecule has 2 atom stereocenters. The van der Waals surface area contributed by atoms with Crippen molar-refractivity contribution < 1.29 is 18.7 Å². The van der Waals surface area contributed by atoms with Gasteiger partial charge in [0.05, 0.1) is 12.4 Å². The number of benzene rings is 3. The maximum atomic E-state index is 13.4. The van der Waals surface area contributed by atoms with E-state index in [2.05, 4.69) is 15.5 Å². The van der Waals surface area contributed by atoms with Crippen molar-refractivity contribution in [3.63, 3.8) is 0 Å². The Kier molecular flexibility index (Phi) is 7.65. The lowest BCUT2D eigenvalue weighted by Gasteiger charge is -2.23. The molecule has 8 nitrogen and oxygen atoms in total. The molecular weight excluding hydrogens is 509 g/mol. The molecule has 0 bridgehead atoms. The Labute approximate surface area is 224 Å². The fourth-order valence-electron chi connectivity index (χ4n) is 4.56. The Hall–Kier alpha value is -4.24. The van der Waals surface area contributed by atoms with Gasteiger partial charge >= 0.3 is 0 Å². The molecule has 0 radical (unpaired) electrons. The van der Waals surface area contributed by atoms with E-state index >= 15 is 0 Å². The van der Waals surface area contributed by atoms with E-state index in [-0.39, 0.29) is 30.1 Å². The molecule has 1 aliphatic rings. The fourth-order valence-corrected chi connectivity index (χ4v) is 4.68. The van der Waals surface area contributed by atoms with Crippen LogP contribution in [-0.2, 0) is 22.6 Å². The lowest BCUT2D eigenvalue weighted by molar-refractivity contribution is -0.137. The smallest absolute Gasteiger partial charge is 0.247 e. The summed E-state index contributed by atoms with van der Waals surface area (Å²) < 4.78 is 18.8. The average Bonchev–Trinajstić information content (AvgIpc) is 3.58. The van der Waals surface area contributed by atoms with Gasteiger partial charge < -0.3 is 15.0 Å². The third kappa shape index (κ3) is 6.36. The molecule has 10 heteroatoms. The largest absolute Gasteiger partial charge is 0.457 e. The first-order chi connectivity index (χ1) is 18.4. The number of anilines is 1. The molecule has 4 aromatic rings. The van der Waals surface area contributed by atoms with Gasteiger partial charge in [0, 0.05) is 17.3 Å². The average molecular weight is 534 g/mol. The number of nitrogens with one attached hydrogen (secondary N) is 1. The van der Waals surface area contributed by atoms with Gasteiger partial charge in [0.2, 0.25) is 11.8 Å². The van der Waals surface area contributed by atoms with E-state index in [1.807, 2.05) is 24.3 Å². The van der Waals surface area contributed by atoms with Crippen LogP contribution < -0.4 is 10.1 Å². The van der Waals surface area contributed by atoms with E-state index in [4.69, 9.17) is 16.3 Å². The van der Waals surface area contributed by atoms with E-state index in [1.54, 1.807) is 29.2 Å². The molecular formula is C28H25ClFN5O3. The van der Waals surface area contributed by atoms with Gasteiger partial charge in [-0.2, -0.15) is 15.0 Å². The summed E-state index contributed by atoms with van der Waals surface area (Å²) in [4.78, 5) is 29.4. The summed E-state index contributed by atoms with van der Waals surface area (Å²) >= 11 is 6.02. The van der Waals surface area contributed by atoms with Crippen LogP contribution in [0.3, 0.4) is 0 Å². The van der Waals surface area contributed by atoms with Crippen molar-refractivity contribution in [2.24, 2.45) is 5.92 Å². The highest BCUT2D eigenvalue weighted by Gasteiger charge is 2.39. The Bertz CT molecular complexity index is 1380. The van der Waals surface area contributed by atoms with Gasteiger partial charge in [-0.1, -0.05) is 23.7 Å². The normalized spacial score (nSPS) is 16.8. The first-order valence-electron chi connectivity index (χ1n) is 12.2. The molecule has 2 amide bonds. The molecule has 2 heterocycles. The highest BCUT2D eigenvalue weighted by molar-refractivity contribution is 6.30. The molecule has 3 aromatic carbocycles. The molecule has 1 aliphatic heterocycles. The van der Waals surface area contributed by atoms with Gasteiger partial charge in [0.15, 0.2) is 0 Å². The van der Waals surface area contributed by atoms with Crippen LogP contribution in [-0.4, -0.2) is 44.3 Å². The molecule has 1 aromatic heterocycles. The number of amides is 2. The highest BCUT2D eigenvalue weighted by Crippen LogP contribution is 2.29. The number of hydrogen-bond donors (Lipinski definition) is 1. The van der Waals surface area contributed by atoms with E-state index < -0.39 is 6.04 Å². The van der Waals surface area contributed by atoms with Crippen molar-refractivity contribution in [1.82, 2.24) is 19.9 Å². The molecule has 194 valence electrons. The Balaban J connectivity index is 1.26. The highest BCUT2D eigenvalue weighted by atomic mass is 35.5. The van der Waals surface area contributed by atoms with E-state index in [0.717, 1.165) is 12.0 Å². The van der Waals surface area contributed by atoms with Crippen molar-refractivity contribution in [3.8, 4) is 11.5 Å². The first kappa shape index (κ1) is 25.4. The van der Waals surface area contributed by atoms with Crippen molar-refractivity contribution in [2.75, 3.05) is 11.9 Å². The zero-order valence-corrected chi connectivity index (χ0v) is 21.1. The van der Waals surface area contributed by atoms with Crippen LogP contribution in [0.5, 0.6) is 11.5 Å². The van der Waals surface area contributed by atoms with E-state index in [9.17, 15) is 14.0 Å². The molecule has 1 fully saturated rings. The SMILES string of the molecule is O=C(Nc1ccc(Oc2ccc(F)cc2)cc1)[C@@H]1C[C@@H](Cc2ccc(Cl)cc2)CN1C(=O)Cn1nccn1. The monoisotopic (exact) mass is 533 g/mol. The Morgan fingerprint density at radius 1 is 0.947 bits per heavy atom. The number of nitrogens with zero attached hydrogens (tertiary/aromatic N) is 4. The summed E-state index contributed by atoms with van der Waals surface area (Å²) in [5.74, 6) is 0.323. The van der Waals surface area contributed by atoms with Crippen LogP contribution in [0.25, 0.3) is 0 Å². The molecule has 0 spiro atoms. The van der Waals surface area contributed by atoms with Crippen molar-refractivity contribution in [1.29, 1.82) is 0 Å². The second-order valence-corrected chi connectivity index (χ2v) is 9.56. The fraction of sp³-hybridized carbons (Fsp3) is 0.214. The van der Waals surface area contributed by atoms with Crippen LogP contribution >= 0.6 is 11.6 Å². The standard InChI is InChI=1S/C28H25ClFN5O3/c29-21-3-1-19(2-4-21)15-20-16-26(34(17-20)27(36)18-35-31-13-14-32-35)28(37)33-23-7-11-25(12-8-23)38-24-9-5-22(30)6-10-24/h1-14,20,26H,15-18H2,(H,33,37)/t20-,26+/m1/s1. The topological polar surface area (TPSA) is 89.4 Å². The minimum Gasteiger partial charge on any atom is -0.457 e. The number of aromatic nitrogens is 3. The molecule has 1 saturated heterocycles. The van der Waals surface area contributed by atoms with Crippen molar-refractivity contribution in [2.45, 2.75) is 25.4 Å². The third-order valence-electron chi connectivity index (χ3n) is 6.36. The van der Waals surface area contributed by atoms with Gasteiger partial charge in [-0.3, -0.25) is 9.59 Å². The number of carbonyl (C=O) groups is 2. The van der Waals surface area contributed by atoms with E-state index in [1.165, 1.54) is 41.5 Å². The maximum absolute atomic E-state index is 13.4. The minimum absolute atomic E-state index is 0.0418. The number of hydrogen-bond acceptors (Lipinski definition) is 5. The van der Waals surface area contributed by atoms with Gasteiger partial charge in [0.1, 0.15) is 29.9 Å². The zero-order valence-electron chi connectivity index (χ0n) is 20.3. The predicted molar refractivity (Wildman–Crippen MR) is 140 cm³/mol. The van der Waals surface area contributed by atoms with Crippen LogP contribution in [0, 0.1) is 11.7 Å². The van der Waals surface area contributed by atoms with Gasteiger partial charge in [-0.15, -0.1) is 0 Å². The molecule has 0 saturated carbocycles. The van der Waals surface area contributed by atoms with Crippen LogP contribution in [0.2, 0.25) is 5.02 Å². The number of likely N-dealkylation sites (tertiary alicyclic amines) is 1. The Morgan fingerprint density at radius 3 is 2.24 bits per heavy atom. The van der Waals surface area contributed by atoms with Gasteiger partial charge in [-0.25, -0.2) is 4.39 Å². The first-order valence-corrected chi connectivity index (χ1v) is 12.5. The Morgan fingerprint density at radius 2 is 1.58 bits per heavy atom. The second kappa shape index (κ2) is 11.4. The number of halogens is 2. The molecule has 38 heavy (non-hydrogen) atoms. The summed E-state index contributed by atoms with van der Waals surface area (Å²) in [7, 11) is 0. The lowest BCUT2D eigenvalue weighted by atomic mass is 9.96. The van der Waals surface area contributed by atoms with Gasteiger partial charge in [-0.05, 0) is 85.0 Å². The summed E-state index contributed by atoms with van der Waals surface area (Å²) in [5, 5.41) is 11.6. The number of carbonyl (C=O) groups excluding carboxylic acids is 2. The molecule has 0 aliphatic carbocycles. The van der Waals surface area contributed by atoms with Gasteiger partial charge in [0.25, 0.3) is 0 Å². The third-order valence-corrected chi connectivity index (χ3v) is 6.61. The summed E-state index contributed by atoms with van der Waals surface area (Å²) in [6.45, 7) is 0.408. The number of ether oxygens (including phenoxy) is 1. The second-order valence-electron chi connectivity index (χ2n) is 9.12. The molecule has 0 unspecified atom stereocenters. The predicted octanol–water partition coefficient (Wildman–Crippen LogP) is 4.96. The summed E-state index contributed by atoms with van der Waals surface area (Å²) in [5.41, 5.74) is 1.67. The minimum atomic E-state index is -0.634. The summed E-state index contributed by atoms with van der Waals surface area (Å²) in [6, 6.07) is 19.5. The van der Waals surface area contributed by atoms with Crippen molar-refractivity contribution in [3.05, 3.63) is 102 Å². The van der Waals surface area contributed by atoms with E-state index in [0.29, 0.717) is 35.2 Å². The lowest BCUT2D eigenvalue weighted by Crippen LogP contribution is -2.44. The summed E-state index contributed by atoms with van der Waals surface area (Å²) in [6.07, 6.45) is 4.27. The maximum Gasteiger partial charge on any atom is 0.247 e.